The second kappa shape index (κ2) is 9.04. The summed E-state index contributed by atoms with van der Waals surface area (Å²) in [7, 11) is 0. The van der Waals surface area contributed by atoms with Gasteiger partial charge in [0.2, 0.25) is 0 Å². The lowest BCUT2D eigenvalue weighted by Crippen LogP contribution is -2.22. The van der Waals surface area contributed by atoms with Crippen LogP contribution in [0.15, 0.2) is 0 Å². The highest BCUT2D eigenvalue weighted by molar-refractivity contribution is 4.72. The second-order valence-electron chi connectivity index (χ2n) is 5.36. The highest BCUT2D eigenvalue weighted by Gasteiger charge is 2.20. The molecule has 0 amide bonds. The molecule has 0 aliphatic heterocycles. The minimum atomic E-state index is 0.592. The largest absolute Gasteiger partial charge is 0.378 e. The molecule has 0 spiro atoms. The van der Waals surface area contributed by atoms with Crippen molar-refractivity contribution in [1.29, 1.82) is 0 Å². The molecule has 96 valence electrons. The summed E-state index contributed by atoms with van der Waals surface area (Å²) in [5.41, 5.74) is 0. The molecule has 0 saturated heterocycles. The summed E-state index contributed by atoms with van der Waals surface area (Å²) < 4.78 is 5.90. The number of hydrogen-bond acceptors (Lipinski definition) is 1. The Hall–Kier alpha value is -0.0400. The van der Waals surface area contributed by atoms with Crippen molar-refractivity contribution in [2.45, 2.75) is 84.2 Å². The average Bonchev–Trinajstić information content (AvgIpc) is 2.32. The Balaban J connectivity index is 2.00. The zero-order valence-corrected chi connectivity index (χ0v) is 11.3. The van der Waals surface area contributed by atoms with Gasteiger partial charge in [0.1, 0.15) is 0 Å². The van der Waals surface area contributed by atoms with Gasteiger partial charge in [0.05, 0.1) is 6.10 Å². The van der Waals surface area contributed by atoms with Gasteiger partial charge in [-0.25, -0.2) is 0 Å². The molecule has 0 aromatic carbocycles. The molecule has 1 rings (SSSR count). The Labute approximate surface area is 102 Å². The van der Waals surface area contributed by atoms with E-state index < -0.39 is 0 Å². The molecule has 1 nitrogen and oxygen atoms in total. The van der Waals surface area contributed by atoms with Crippen LogP contribution in [-0.4, -0.2) is 12.7 Å². The van der Waals surface area contributed by atoms with Crippen LogP contribution in [0.1, 0.15) is 78.1 Å². The first-order chi connectivity index (χ1) is 7.86. The first-order valence-corrected chi connectivity index (χ1v) is 7.48. The fraction of sp³-hybridized carbons (Fsp3) is 1.00. The third kappa shape index (κ3) is 5.89. The molecular weight excluding hydrogens is 196 g/mol. The van der Waals surface area contributed by atoms with Crippen LogP contribution < -0.4 is 0 Å². The maximum Gasteiger partial charge on any atom is 0.0575 e. The lowest BCUT2D eigenvalue weighted by Gasteiger charge is -2.28. The van der Waals surface area contributed by atoms with Crippen LogP contribution in [0.25, 0.3) is 0 Å². The fourth-order valence-corrected chi connectivity index (χ4v) is 2.66. The highest BCUT2D eigenvalue weighted by Crippen LogP contribution is 2.29. The van der Waals surface area contributed by atoms with Gasteiger partial charge < -0.3 is 4.74 Å². The van der Waals surface area contributed by atoms with E-state index in [1.165, 1.54) is 64.2 Å². The summed E-state index contributed by atoms with van der Waals surface area (Å²) >= 11 is 0. The van der Waals surface area contributed by atoms with Crippen LogP contribution in [0, 0.1) is 5.92 Å². The van der Waals surface area contributed by atoms with Gasteiger partial charge in [0.25, 0.3) is 0 Å². The molecular formula is C15H30O. The molecule has 1 fully saturated rings. The van der Waals surface area contributed by atoms with Crippen molar-refractivity contribution in [3.05, 3.63) is 0 Å². The molecule has 0 bridgehead atoms. The van der Waals surface area contributed by atoms with Gasteiger partial charge in [-0.2, -0.15) is 0 Å². The van der Waals surface area contributed by atoms with Crippen molar-refractivity contribution in [2.75, 3.05) is 6.61 Å². The molecule has 0 aromatic rings. The van der Waals surface area contributed by atoms with Crippen LogP contribution in [-0.2, 0) is 4.74 Å². The first-order valence-electron chi connectivity index (χ1n) is 7.48. The zero-order chi connectivity index (χ0) is 11.6. The van der Waals surface area contributed by atoms with Crippen molar-refractivity contribution in [3.8, 4) is 0 Å². The summed E-state index contributed by atoms with van der Waals surface area (Å²) in [6.07, 6.45) is 14.2. The van der Waals surface area contributed by atoms with Crippen LogP contribution in [0.5, 0.6) is 0 Å². The van der Waals surface area contributed by atoms with Crippen molar-refractivity contribution in [2.24, 2.45) is 5.92 Å². The summed E-state index contributed by atoms with van der Waals surface area (Å²) in [5, 5.41) is 0. The van der Waals surface area contributed by atoms with E-state index in [2.05, 4.69) is 13.8 Å². The van der Waals surface area contributed by atoms with Crippen LogP contribution in [0.4, 0.5) is 0 Å². The molecule has 16 heavy (non-hydrogen) atoms. The third-order valence-corrected chi connectivity index (χ3v) is 3.86. The summed E-state index contributed by atoms with van der Waals surface area (Å²) in [4.78, 5) is 0. The van der Waals surface area contributed by atoms with Crippen LogP contribution >= 0.6 is 0 Å². The Morgan fingerprint density at radius 3 is 2.19 bits per heavy atom. The van der Waals surface area contributed by atoms with Crippen LogP contribution in [0.3, 0.4) is 0 Å². The molecule has 1 aliphatic carbocycles. The van der Waals surface area contributed by atoms with Gasteiger partial charge in [0.15, 0.2) is 0 Å². The van der Waals surface area contributed by atoms with E-state index in [0.717, 1.165) is 12.5 Å². The van der Waals surface area contributed by atoms with E-state index in [0.29, 0.717) is 6.10 Å². The molecule has 0 radical (unpaired) electrons. The smallest absolute Gasteiger partial charge is 0.0575 e. The zero-order valence-electron chi connectivity index (χ0n) is 11.3. The Morgan fingerprint density at radius 1 is 0.875 bits per heavy atom. The van der Waals surface area contributed by atoms with Crippen molar-refractivity contribution in [3.63, 3.8) is 0 Å². The van der Waals surface area contributed by atoms with Gasteiger partial charge in [-0.15, -0.1) is 0 Å². The van der Waals surface area contributed by atoms with Crippen molar-refractivity contribution in [1.82, 2.24) is 0 Å². The molecule has 0 atom stereocenters. The standard InChI is InChI=1S/C15H30O/c1-3-5-7-8-14-9-11-15(12-10-14)16-13-6-4-2/h14-15H,3-13H2,1-2H3. The fourth-order valence-electron chi connectivity index (χ4n) is 2.66. The van der Waals surface area contributed by atoms with E-state index in [-0.39, 0.29) is 0 Å². The maximum absolute atomic E-state index is 5.90. The minimum Gasteiger partial charge on any atom is -0.378 e. The van der Waals surface area contributed by atoms with Crippen molar-refractivity contribution >= 4 is 0 Å². The van der Waals surface area contributed by atoms with Gasteiger partial charge in [-0.05, 0) is 38.0 Å². The van der Waals surface area contributed by atoms with E-state index in [9.17, 15) is 0 Å². The minimum absolute atomic E-state index is 0.592. The number of unbranched alkanes of at least 4 members (excludes halogenated alkanes) is 3. The number of rotatable bonds is 8. The monoisotopic (exact) mass is 226 g/mol. The second-order valence-corrected chi connectivity index (χ2v) is 5.36. The summed E-state index contributed by atoms with van der Waals surface area (Å²) in [6.45, 7) is 5.51. The quantitative estimate of drug-likeness (QED) is 0.532. The van der Waals surface area contributed by atoms with E-state index >= 15 is 0 Å². The Kier molecular flexibility index (Phi) is 7.92. The Morgan fingerprint density at radius 2 is 1.56 bits per heavy atom. The van der Waals surface area contributed by atoms with Gasteiger partial charge >= 0.3 is 0 Å². The number of hydrogen-bond donors (Lipinski definition) is 0. The normalized spacial score (nSPS) is 25.9. The highest BCUT2D eigenvalue weighted by atomic mass is 16.5. The predicted octanol–water partition coefficient (Wildman–Crippen LogP) is 4.94. The molecule has 1 saturated carbocycles. The molecule has 0 unspecified atom stereocenters. The SMILES string of the molecule is CCCCCC1CCC(OCCCC)CC1. The first kappa shape index (κ1) is 14.0. The van der Waals surface area contributed by atoms with E-state index in [4.69, 9.17) is 4.74 Å². The molecule has 0 N–H and O–H groups in total. The molecule has 0 aromatic heterocycles. The lowest BCUT2D eigenvalue weighted by molar-refractivity contribution is 0.0157. The average molecular weight is 226 g/mol. The number of ether oxygens (including phenoxy) is 1. The van der Waals surface area contributed by atoms with Gasteiger partial charge in [-0.1, -0.05) is 46.0 Å². The topological polar surface area (TPSA) is 9.23 Å². The summed E-state index contributed by atoms with van der Waals surface area (Å²) in [6, 6.07) is 0. The van der Waals surface area contributed by atoms with Crippen molar-refractivity contribution < 1.29 is 4.74 Å². The van der Waals surface area contributed by atoms with E-state index in [1.54, 1.807) is 0 Å². The van der Waals surface area contributed by atoms with Gasteiger partial charge in [-0.3, -0.25) is 0 Å². The molecule has 1 aliphatic rings. The van der Waals surface area contributed by atoms with Gasteiger partial charge in [0, 0.05) is 6.61 Å². The molecule has 0 heterocycles. The third-order valence-electron chi connectivity index (χ3n) is 3.86. The maximum atomic E-state index is 5.90. The predicted molar refractivity (Wildman–Crippen MR) is 70.7 cm³/mol. The summed E-state index contributed by atoms with van der Waals surface area (Å²) in [5.74, 6) is 1.01. The lowest BCUT2D eigenvalue weighted by atomic mass is 9.84. The van der Waals surface area contributed by atoms with E-state index in [1.807, 2.05) is 0 Å². The molecule has 1 heteroatoms. The van der Waals surface area contributed by atoms with Crippen LogP contribution in [0.2, 0.25) is 0 Å². The Bertz CT molecular complexity index is 130.